The molecule has 3 heteroatoms. The van der Waals surface area contributed by atoms with E-state index in [4.69, 9.17) is 9.47 Å². The van der Waals surface area contributed by atoms with Gasteiger partial charge in [0.2, 0.25) is 0 Å². The molecule has 0 aliphatic heterocycles. The lowest BCUT2D eigenvalue weighted by Gasteiger charge is -2.31. The normalized spacial score (nSPS) is 18.1. The van der Waals surface area contributed by atoms with E-state index in [9.17, 15) is 4.79 Å². The van der Waals surface area contributed by atoms with Crippen LogP contribution < -0.4 is 4.74 Å². The molecule has 0 amide bonds. The second kappa shape index (κ2) is 5.70. The Bertz CT molecular complexity index is 524. The average Bonchev–Trinajstić information content (AvgIpc) is 2.38. The molecular weight excluding hydrogens is 252 g/mol. The largest absolute Gasteiger partial charge is 0.497 e. The number of allylic oxidation sites excluding steroid dienone is 2. The fourth-order valence-corrected chi connectivity index (χ4v) is 2.82. The van der Waals surface area contributed by atoms with Gasteiger partial charge in [0.25, 0.3) is 0 Å². The molecule has 0 radical (unpaired) electrons. The second-order valence-corrected chi connectivity index (χ2v) is 6.10. The zero-order chi connectivity index (χ0) is 14.8. The molecule has 0 spiro atoms. The summed E-state index contributed by atoms with van der Waals surface area (Å²) in [7, 11) is 3.24. The minimum Gasteiger partial charge on any atom is -0.497 e. The molecule has 0 heterocycles. The molecule has 0 saturated heterocycles. The summed E-state index contributed by atoms with van der Waals surface area (Å²) in [5.41, 5.74) is 2.28. The fraction of sp³-hybridized carbons (Fsp3) is 0.471. The van der Waals surface area contributed by atoms with E-state index in [0.717, 1.165) is 24.2 Å². The molecule has 0 unspecified atom stereocenters. The summed E-state index contributed by atoms with van der Waals surface area (Å²) in [6.45, 7) is 4.26. The van der Waals surface area contributed by atoms with E-state index in [1.807, 2.05) is 24.3 Å². The summed E-state index contributed by atoms with van der Waals surface area (Å²) in [6.07, 6.45) is 2.21. The maximum Gasteiger partial charge on any atom is 0.197 e. The van der Waals surface area contributed by atoms with Crippen LogP contribution in [0.2, 0.25) is 0 Å². The van der Waals surface area contributed by atoms with Gasteiger partial charge in [-0.1, -0.05) is 26.0 Å². The average molecular weight is 274 g/mol. The molecule has 0 N–H and O–H groups in total. The highest BCUT2D eigenvalue weighted by Gasteiger charge is 2.33. The van der Waals surface area contributed by atoms with Crippen molar-refractivity contribution in [1.82, 2.24) is 0 Å². The molecule has 108 valence electrons. The molecule has 0 saturated carbocycles. The minimum atomic E-state index is 0.0148. The van der Waals surface area contributed by atoms with Crippen molar-refractivity contribution in [1.29, 1.82) is 0 Å². The summed E-state index contributed by atoms with van der Waals surface area (Å²) in [4.78, 5) is 12.1. The number of carbonyl (C=O) groups excluding carboxylic acids is 1. The van der Waals surface area contributed by atoms with E-state index in [-0.39, 0.29) is 11.2 Å². The van der Waals surface area contributed by atoms with Gasteiger partial charge >= 0.3 is 0 Å². The number of hydrogen-bond donors (Lipinski definition) is 0. The number of rotatable bonds is 4. The second-order valence-electron chi connectivity index (χ2n) is 6.10. The van der Waals surface area contributed by atoms with Crippen LogP contribution in [0.4, 0.5) is 0 Å². The van der Waals surface area contributed by atoms with Crippen LogP contribution in [0, 0.1) is 5.41 Å². The van der Waals surface area contributed by atoms with Gasteiger partial charge in [-0.25, -0.2) is 0 Å². The maximum absolute atomic E-state index is 12.1. The van der Waals surface area contributed by atoms with Crippen molar-refractivity contribution in [3.05, 3.63) is 41.2 Å². The SMILES string of the molecule is COC1=C(Cc2ccc(OC)cc2)CC(C)(C)CC1=O. The van der Waals surface area contributed by atoms with Crippen molar-refractivity contribution >= 4 is 5.78 Å². The molecule has 1 aromatic rings. The summed E-state index contributed by atoms with van der Waals surface area (Å²) < 4.78 is 10.5. The Morgan fingerprint density at radius 2 is 1.70 bits per heavy atom. The van der Waals surface area contributed by atoms with Gasteiger partial charge in [0.15, 0.2) is 11.5 Å². The molecule has 2 rings (SSSR count). The first-order chi connectivity index (χ1) is 9.45. The number of ketones is 1. The Labute approximate surface area is 120 Å². The van der Waals surface area contributed by atoms with Crippen LogP contribution in [-0.4, -0.2) is 20.0 Å². The number of ether oxygens (including phenoxy) is 2. The first kappa shape index (κ1) is 14.6. The van der Waals surface area contributed by atoms with Gasteiger partial charge < -0.3 is 9.47 Å². The van der Waals surface area contributed by atoms with Crippen molar-refractivity contribution in [2.24, 2.45) is 5.41 Å². The fourth-order valence-electron chi connectivity index (χ4n) is 2.82. The summed E-state index contributed by atoms with van der Waals surface area (Å²) in [6, 6.07) is 7.95. The van der Waals surface area contributed by atoms with Crippen molar-refractivity contribution in [2.75, 3.05) is 14.2 Å². The predicted molar refractivity (Wildman–Crippen MR) is 78.8 cm³/mol. The highest BCUT2D eigenvalue weighted by Crippen LogP contribution is 2.38. The van der Waals surface area contributed by atoms with Crippen molar-refractivity contribution in [2.45, 2.75) is 33.1 Å². The van der Waals surface area contributed by atoms with Crippen LogP contribution in [0.25, 0.3) is 0 Å². The third-order valence-corrected chi connectivity index (χ3v) is 3.69. The topological polar surface area (TPSA) is 35.5 Å². The molecule has 1 aliphatic rings. The van der Waals surface area contributed by atoms with Crippen LogP contribution in [0.5, 0.6) is 5.75 Å². The van der Waals surface area contributed by atoms with Crippen molar-refractivity contribution in [3.63, 3.8) is 0 Å². The molecular formula is C17H22O3. The van der Waals surface area contributed by atoms with Crippen LogP contribution in [0.1, 0.15) is 32.3 Å². The predicted octanol–water partition coefficient (Wildman–Crippen LogP) is 3.53. The van der Waals surface area contributed by atoms with Crippen LogP contribution in [-0.2, 0) is 16.0 Å². The molecule has 3 nitrogen and oxygen atoms in total. The van der Waals surface area contributed by atoms with Gasteiger partial charge in [0.1, 0.15) is 5.75 Å². The van der Waals surface area contributed by atoms with E-state index < -0.39 is 0 Å². The van der Waals surface area contributed by atoms with Gasteiger partial charge in [-0.2, -0.15) is 0 Å². The van der Waals surface area contributed by atoms with E-state index in [1.54, 1.807) is 14.2 Å². The number of methoxy groups -OCH3 is 2. The Morgan fingerprint density at radius 3 is 2.25 bits per heavy atom. The number of Topliss-reactive ketones (excluding diaryl/α,β-unsaturated/α-hetero) is 1. The molecule has 0 atom stereocenters. The van der Waals surface area contributed by atoms with E-state index in [1.165, 1.54) is 5.56 Å². The van der Waals surface area contributed by atoms with Gasteiger partial charge in [-0.15, -0.1) is 0 Å². The summed E-state index contributed by atoms with van der Waals surface area (Å²) in [5.74, 6) is 1.52. The molecule has 0 bridgehead atoms. The van der Waals surface area contributed by atoms with Crippen LogP contribution in [0.15, 0.2) is 35.6 Å². The summed E-state index contributed by atoms with van der Waals surface area (Å²) >= 11 is 0. The Hall–Kier alpha value is -1.77. The quantitative estimate of drug-likeness (QED) is 0.842. The maximum atomic E-state index is 12.1. The molecule has 1 aromatic carbocycles. The van der Waals surface area contributed by atoms with Crippen molar-refractivity contribution in [3.8, 4) is 5.75 Å². The first-order valence-corrected chi connectivity index (χ1v) is 6.87. The van der Waals surface area contributed by atoms with Crippen LogP contribution >= 0.6 is 0 Å². The van der Waals surface area contributed by atoms with E-state index >= 15 is 0 Å². The first-order valence-electron chi connectivity index (χ1n) is 6.87. The van der Waals surface area contributed by atoms with E-state index in [0.29, 0.717) is 12.2 Å². The standard InChI is InChI=1S/C17H22O3/c1-17(2)10-13(16(20-4)15(18)11-17)9-12-5-7-14(19-3)8-6-12/h5-8H,9-11H2,1-4H3. The lowest BCUT2D eigenvalue weighted by molar-refractivity contribution is -0.121. The van der Waals surface area contributed by atoms with Crippen molar-refractivity contribution < 1.29 is 14.3 Å². The summed E-state index contributed by atoms with van der Waals surface area (Å²) in [5, 5.41) is 0. The Kier molecular flexibility index (Phi) is 4.17. The zero-order valence-corrected chi connectivity index (χ0v) is 12.7. The smallest absolute Gasteiger partial charge is 0.197 e. The third-order valence-electron chi connectivity index (χ3n) is 3.69. The lowest BCUT2D eigenvalue weighted by atomic mass is 9.74. The Balaban J connectivity index is 2.25. The van der Waals surface area contributed by atoms with Gasteiger partial charge in [-0.05, 0) is 41.5 Å². The van der Waals surface area contributed by atoms with Gasteiger partial charge in [0.05, 0.1) is 14.2 Å². The monoisotopic (exact) mass is 274 g/mol. The molecule has 0 aromatic heterocycles. The highest BCUT2D eigenvalue weighted by atomic mass is 16.5. The number of benzene rings is 1. The lowest BCUT2D eigenvalue weighted by Crippen LogP contribution is -2.27. The van der Waals surface area contributed by atoms with Gasteiger partial charge in [-0.3, -0.25) is 4.79 Å². The molecule has 20 heavy (non-hydrogen) atoms. The third kappa shape index (κ3) is 3.21. The molecule has 1 aliphatic carbocycles. The molecule has 0 fully saturated rings. The zero-order valence-electron chi connectivity index (χ0n) is 12.7. The number of carbonyl (C=O) groups is 1. The van der Waals surface area contributed by atoms with Gasteiger partial charge in [0, 0.05) is 6.42 Å². The minimum absolute atomic E-state index is 0.0148. The van der Waals surface area contributed by atoms with Crippen LogP contribution in [0.3, 0.4) is 0 Å². The highest BCUT2D eigenvalue weighted by molar-refractivity contribution is 5.95. The Morgan fingerprint density at radius 1 is 1.05 bits per heavy atom. The number of hydrogen-bond acceptors (Lipinski definition) is 3. The van der Waals surface area contributed by atoms with E-state index in [2.05, 4.69) is 13.8 Å².